The summed E-state index contributed by atoms with van der Waals surface area (Å²) in [5.74, 6) is 0. The van der Waals surface area contributed by atoms with Crippen LogP contribution in [0.2, 0.25) is 0 Å². The second-order valence-corrected chi connectivity index (χ2v) is 8.37. The number of likely N-dealkylation sites (N-methyl/N-ethyl adjacent to an activating group) is 1. The van der Waals surface area contributed by atoms with Gasteiger partial charge in [-0.05, 0) is 38.1 Å². The Hall–Kier alpha value is -1.00. The zero-order valence-corrected chi connectivity index (χ0v) is 13.8. The molecule has 0 atom stereocenters. The van der Waals surface area contributed by atoms with Crippen LogP contribution in [0.5, 0.6) is 0 Å². The average molecular weight is 336 g/mol. The minimum absolute atomic E-state index is 0.00180. The molecule has 0 bridgehead atoms. The summed E-state index contributed by atoms with van der Waals surface area (Å²) in [7, 11) is -6.08. The van der Waals surface area contributed by atoms with E-state index in [-0.39, 0.29) is 29.0 Å². The Labute approximate surface area is 125 Å². The van der Waals surface area contributed by atoms with Crippen LogP contribution in [-0.2, 0) is 24.8 Å². The third kappa shape index (κ3) is 5.04. The standard InChI is InChI=1S/C12H20N2O5S2/c1-10(2)19-9-8-14(3)21(17,18)12-6-4-11(5-7-12)20(13,15)16/h4-7,10H,8-9H2,1-3H3,(H2,13,15,16). The minimum atomic E-state index is -3.84. The molecule has 0 aromatic heterocycles. The molecule has 0 saturated heterocycles. The third-order valence-corrected chi connectivity index (χ3v) is 5.52. The quantitative estimate of drug-likeness (QED) is 0.774. The van der Waals surface area contributed by atoms with Gasteiger partial charge in [0.15, 0.2) is 0 Å². The van der Waals surface area contributed by atoms with Gasteiger partial charge in [-0.25, -0.2) is 22.0 Å². The third-order valence-electron chi connectivity index (χ3n) is 2.72. The number of hydrogen-bond donors (Lipinski definition) is 1. The number of rotatable bonds is 7. The summed E-state index contributed by atoms with van der Waals surface area (Å²) < 4.78 is 53.2. The molecule has 0 fully saturated rings. The Balaban J connectivity index is 2.87. The topological polar surface area (TPSA) is 107 Å². The zero-order chi connectivity index (χ0) is 16.3. The fourth-order valence-corrected chi connectivity index (χ4v) is 3.19. The van der Waals surface area contributed by atoms with Crippen LogP contribution < -0.4 is 5.14 Å². The molecule has 120 valence electrons. The average Bonchev–Trinajstić information content (AvgIpc) is 2.37. The van der Waals surface area contributed by atoms with E-state index in [9.17, 15) is 16.8 Å². The Bertz CT molecular complexity index is 666. The Kier molecular flexibility index (Phi) is 5.88. The predicted molar refractivity (Wildman–Crippen MR) is 78.7 cm³/mol. The minimum Gasteiger partial charge on any atom is -0.377 e. The summed E-state index contributed by atoms with van der Waals surface area (Å²) in [6, 6.07) is 4.77. The van der Waals surface area contributed by atoms with E-state index >= 15 is 0 Å². The molecule has 0 unspecified atom stereocenters. The number of sulfonamides is 2. The van der Waals surface area contributed by atoms with E-state index in [1.165, 1.54) is 31.3 Å². The highest BCUT2D eigenvalue weighted by Crippen LogP contribution is 2.16. The molecular weight excluding hydrogens is 316 g/mol. The first-order valence-corrected chi connectivity index (χ1v) is 9.24. The first kappa shape index (κ1) is 18.1. The SMILES string of the molecule is CC(C)OCCN(C)S(=O)(=O)c1ccc(S(N)(=O)=O)cc1. The van der Waals surface area contributed by atoms with Crippen molar-refractivity contribution in [2.45, 2.75) is 29.7 Å². The van der Waals surface area contributed by atoms with Crippen molar-refractivity contribution in [1.29, 1.82) is 0 Å². The lowest BCUT2D eigenvalue weighted by atomic mass is 10.4. The van der Waals surface area contributed by atoms with Crippen LogP contribution in [0, 0.1) is 0 Å². The van der Waals surface area contributed by atoms with Crippen LogP contribution in [0.4, 0.5) is 0 Å². The van der Waals surface area contributed by atoms with Crippen LogP contribution in [0.15, 0.2) is 34.1 Å². The monoisotopic (exact) mass is 336 g/mol. The zero-order valence-electron chi connectivity index (χ0n) is 12.2. The lowest BCUT2D eigenvalue weighted by Gasteiger charge is -2.18. The molecule has 1 aromatic carbocycles. The smallest absolute Gasteiger partial charge is 0.242 e. The fourth-order valence-electron chi connectivity index (χ4n) is 1.52. The van der Waals surface area contributed by atoms with Crippen LogP contribution >= 0.6 is 0 Å². The van der Waals surface area contributed by atoms with E-state index in [1.54, 1.807) is 0 Å². The Morgan fingerprint density at radius 2 is 1.57 bits per heavy atom. The normalized spacial score (nSPS) is 13.0. The number of nitrogens with zero attached hydrogens (tertiary/aromatic N) is 1. The van der Waals surface area contributed by atoms with Crippen molar-refractivity contribution >= 4 is 20.0 Å². The van der Waals surface area contributed by atoms with Gasteiger partial charge in [-0.2, -0.15) is 4.31 Å². The van der Waals surface area contributed by atoms with Gasteiger partial charge in [-0.3, -0.25) is 0 Å². The van der Waals surface area contributed by atoms with E-state index in [1.807, 2.05) is 13.8 Å². The van der Waals surface area contributed by atoms with E-state index in [0.29, 0.717) is 0 Å². The maximum absolute atomic E-state index is 12.3. The number of benzene rings is 1. The van der Waals surface area contributed by atoms with Gasteiger partial charge in [0.1, 0.15) is 0 Å². The summed E-state index contributed by atoms with van der Waals surface area (Å²) >= 11 is 0. The summed E-state index contributed by atoms with van der Waals surface area (Å²) in [5.41, 5.74) is 0. The molecule has 0 aliphatic carbocycles. The van der Waals surface area contributed by atoms with Crippen LogP contribution in [0.25, 0.3) is 0 Å². The molecule has 0 heterocycles. The van der Waals surface area contributed by atoms with E-state index in [0.717, 1.165) is 4.31 Å². The van der Waals surface area contributed by atoms with Crippen LogP contribution in [-0.4, -0.2) is 47.4 Å². The van der Waals surface area contributed by atoms with Crippen molar-refractivity contribution in [2.24, 2.45) is 5.14 Å². The van der Waals surface area contributed by atoms with Crippen molar-refractivity contribution in [3.05, 3.63) is 24.3 Å². The van der Waals surface area contributed by atoms with E-state index in [4.69, 9.17) is 9.88 Å². The largest absolute Gasteiger partial charge is 0.377 e. The van der Waals surface area contributed by atoms with Crippen molar-refractivity contribution < 1.29 is 21.6 Å². The molecule has 0 aliphatic heterocycles. The number of nitrogens with two attached hydrogens (primary N) is 1. The van der Waals surface area contributed by atoms with Crippen molar-refractivity contribution in [2.75, 3.05) is 20.2 Å². The van der Waals surface area contributed by atoms with Gasteiger partial charge in [-0.1, -0.05) is 0 Å². The van der Waals surface area contributed by atoms with Gasteiger partial charge < -0.3 is 4.74 Å². The molecule has 1 aromatic rings. The van der Waals surface area contributed by atoms with Gasteiger partial charge in [0, 0.05) is 13.6 Å². The van der Waals surface area contributed by atoms with Crippen molar-refractivity contribution in [3.8, 4) is 0 Å². The van der Waals surface area contributed by atoms with Gasteiger partial charge in [0.25, 0.3) is 0 Å². The maximum atomic E-state index is 12.3. The fraction of sp³-hybridized carbons (Fsp3) is 0.500. The number of hydrogen-bond acceptors (Lipinski definition) is 5. The second kappa shape index (κ2) is 6.84. The van der Waals surface area contributed by atoms with Gasteiger partial charge in [-0.15, -0.1) is 0 Å². The van der Waals surface area contributed by atoms with Gasteiger partial charge >= 0.3 is 0 Å². The molecule has 2 N–H and O–H groups in total. The molecule has 7 nitrogen and oxygen atoms in total. The van der Waals surface area contributed by atoms with Crippen LogP contribution in [0.3, 0.4) is 0 Å². The van der Waals surface area contributed by atoms with E-state index < -0.39 is 20.0 Å². The Morgan fingerprint density at radius 1 is 1.10 bits per heavy atom. The lowest BCUT2D eigenvalue weighted by Crippen LogP contribution is -2.31. The molecule has 0 aliphatic rings. The predicted octanol–water partition coefficient (Wildman–Crippen LogP) is 0.380. The molecule has 0 amide bonds. The lowest BCUT2D eigenvalue weighted by molar-refractivity contribution is 0.0737. The molecule has 0 saturated carbocycles. The molecule has 1 rings (SSSR count). The van der Waals surface area contributed by atoms with Gasteiger partial charge in [0.2, 0.25) is 20.0 Å². The number of primary sulfonamides is 1. The molecule has 21 heavy (non-hydrogen) atoms. The highest BCUT2D eigenvalue weighted by molar-refractivity contribution is 7.89. The molecule has 0 radical (unpaired) electrons. The summed E-state index contributed by atoms with van der Waals surface area (Å²) in [6.45, 7) is 4.21. The first-order valence-electron chi connectivity index (χ1n) is 6.26. The molecule has 0 spiro atoms. The number of ether oxygens (including phenoxy) is 1. The van der Waals surface area contributed by atoms with Crippen molar-refractivity contribution in [3.63, 3.8) is 0 Å². The molecule has 9 heteroatoms. The summed E-state index contributed by atoms with van der Waals surface area (Å²) in [4.78, 5) is -0.130. The molecular formula is C12H20N2O5S2. The van der Waals surface area contributed by atoms with Crippen LogP contribution in [0.1, 0.15) is 13.8 Å². The summed E-state index contributed by atoms with van der Waals surface area (Å²) in [5, 5.41) is 4.97. The highest BCUT2D eigenvalue weighted by atomic mass is 32.2. The van der Waals surface area contributed by atoms with Crippen molar-refractivity contribution in [1.82, 2.24) is 4.31 Å². The summed E-state index contributed by atoms with van der Waals surface area (Å²) in [6.07, 6.45) is 0.0233. The van der Waals surface area contributed by atoms with E-state index in [2.05, 4.69) is 0 Å². The first-order chi connectivity index (χ1) is 9.55. The highest BCUT2D eigenvalue weighted by Gasteiger charge is 2.21. The Morgan fingerprint density at radius 3 is 2.00 bits per heavy atom. The second-order valence-electron chi connectivity index (χ2n) is 4.76. The maximum Gasteiger partial charge on any atom is 0.242 e. The van der Waals surface area contributed by atoms with Gasteiger partial charge in [0.05, 0.1) is 22.5 Å².